The summed E-state index contributed by atoms with van der Waals surface area (Å²) < 4.78 is 4.98. The second-order valence-corrected chi connectivity index (χ2v) is 5.96. The number of nitrogens with one attached hydrogen (secondary N) is 1. The minimum atomic E-state index is -0.0950. The molecule has 0 spiro atoms. The maximum Gasteiger partial charge on any atom is 0.240 e. The Morgan fingerprint density at radius 1 is 1.55 bits per heavy atom. The number of aryl methyl sites for hydroxylation is 1. The lowest BCUT2D eigenvalue weighted by Gasteiger charge is -2.31. The van der Waals surface area contributed by atoms with E-state index in [0.29, 0.717) is 19.0 Å². The normalized spacial score (nSPS) is 11.9. The number of hydrogen-bond donors (Lipinski definition) is 2. The van der Waals surface area contributed by atoms with Gasteiger partial charge in [0.1, 0.15) is 0 Å². The van der Waals surface area contributed by atoms with Gasteiger partial charge in [-0.1, -0.05) is 25.9 Å². The molecule has 0 fully saturated rings. The lowest BCUT2D eigenvalue weighted by Crippen LogP contribution is -2.42. The number of anilines is 1. The molecule has 114 valence electrons. The second-order valence-electron chi connectivity index (χ2n) is 5.96. The second kappa shape index (κ2) is 7.40. The van der Waals surface area contributed by atoms with Gasteiger partial charge in [0.15, 0.2) is 0 Å². The van der Waals surface area contributed by atoms with E-state index in [-0.39, 0.29) is 11.3 Å². The zero-order valence-electron chi connectivity index (χ0n) is 12.9. The van der Waals surface area contributed by atoms with Crippen LogP contribution in [0.15, 0.2) is 10.6 Å². The van der Waals surface area contributed by atoms with Crippen molar-refractivity contribution < 1.29 is 9.32 Å². The van der Waals surface area contributed by atoms with Gasteiger partial charge in [-0.2, -0.15) is 0 Å². The van der Waals surface area contributed by atoms with Crippen LogP contribution in [-0.2, 0) is 4.79 Å². The largest absolute Gasteiger partial charge is 0.338 e. The molecule has 20 heavy (non-hydrogen) atoms. The first-order chi connectivity index (χ1) is 9.36. The average molecular weight is 282 g/mol. The van der Waals surface area contributed by atoms with E-state index in [1.807, 2.05) is 6.92 Å². The topological polar surface area (TPSA) is 84.4 Å². The molecule has 0 bridgehead atoms. The highest BCUT2D eigenvalue weighted by atomic mass is 16.5. The molecular weight excluding hydrogens is 256 g/mol. The lowest BCUT2D eigenvalue weighted by molar-refractivity contribution is -0.117. The molecule has 0 aliphatic carbocycles. The molecule has 0 saturated heterocycles. The molecule has 1 aromatic rings. The van der Waals surface area contributed by atoms with Gasteiger partial charge >= 0.3 is 0 Å². The first kappa shape index (κ1) is 16.7. The smallest absolute Gasteiger partial charge is 0.240 e. The van der Waals surface area contributed by atoms with Gasteiger partial charge in [-0.05, 0) is 31.8 Å². The van der Waals surface area contributed by atoms with Crippen LogP contribution in [0.4, 0.5) is 5.88 Å². The molecule has 0 aromatic carbocycles. The van der Waals surface area contributed by atoms with E-state index in [9.17, 15) is 4.79 Å². The Morgan fingerprint density at radius 3 is 2.75 bits per heavy atom. The molecule has 0 saturated carbocycles. The highest BCUT2D eigenvalue weighted by Gasteiger charge is 2.21. The summed E-state index contributed by atoms with van der Waals surface area (Å²) in [5.41, 5.74) is 6.50. The van der Waals surface area contributed by atoms with Gasteiger partial charge in [-0.25, -0.2) is 0 Å². The molecule has 1 heterocycles. The summed E-state index contributed by atoms with van der Waals surface area (Å²) in [6, 6.07) is 1.70. The summed E-state index contributed by atoms with van der Waals surface area (Å²) in [5.74, 6) is 0.296. The van der Waals surface area contributed by atoms with E-state index in [1.165, 1.54) is 0 Å². The maximum absolute atomic E-state index is 12.0. The van der Waals surface area contributed by atoms with Gasteiger partial charge < -0.3 is 10.3 Å². The maximum atomic E-state index is 12.0. The highest BCUT2D eigenvalue weighted by Crippen LogP contribution is 2.15. The number of aromatic nitrogens is 1. The van der Waals surface area contributed by atoms with Gasteiger partial charge in [0.05, 0.1) is 12.2 Å². The van der Waals surface area contributed by atoms with Crippen molar-refractivity contribution in [2.24, 2.45) is 11.1 Å². The van der Waals surface area contributed by atoms with Crippen LogP contribution in [0.2, 0.25) is 0 Å². The van der Waals surface area contributed by atoms with Crippen molar-refractivity contribution in [1.29, 1.82) is 0 Å². The fourth-order valence-electron chi connectivity index (χ4n) is 2.00. The first-order valence-electron chi connectivity index (χ1n) is 7.02. The van der Waals surface area contributed by atoms with Crippen molar-refractivity contribution in [3.8, 4) is 0 Å². The number of nitrogens with zero attached hydrogens (tertiary/aromatic N) is 2. The zero-order valence-corrected chi connectivity index (χ0v) is 12.9. The van der Waals surface area contributed by atoms with Gasteiger partial charge in [0.2, 0.25) is 11.8 Å². The average Bonchev–Trinajstić information content (AvgIpc) is 2.74. The quantitative estimate of drug-likeness (QED) is 0.757. The molecule has 1 aromatic heterocycles. The van der Waals surface area contributed by atoms with E-state index in [4.69, 9.17) is 10.3 Å². The van der Waals surface area contributed by atoms with E-state index < -0.39 is 0 Å². The molecule has 1 amide bonds. The van der Waals surface area contributed by atoms with Gasteiger partial charge in [0.25, 0.3) is 0 Å². The van der Waals surface area contributed by atoms with Gasteiger partial charge in [-0.15, -0.1) is 0 Å². The number of carbonyl (C=O) groups excluding carboxylic acids is 1. The van der Waals surface area contributed by atoms with Crippen LogP contribution in [0.3, 0.4) is 0 Å². The Bertz CT molecular complexity index is 429. The molecule has 1 rings (SSSR count). The van der Waals surface area contributed by atoms with Crippen LogP contribution in [0.5, 0.6) is 0 Å². The number of hydrogen-bond acceptors (Lipinski definition) is 5. The fraction of sp³-hybridized carbons (Fsp3) is 0.714. The molecule has 6 heteroatoms. The van der Waals surface area contributed by atoms with Crippen molar-refractivity contribution in [3.63, 3.8) is 0 Å². The first-order valence-corrected chi connectivity index (χ1v) is 7.02. The Hall–Kier alpha value is -1.40. The number of rotatable bonds is 8. The summed E-state index contributed by atoms with van der Waals surface area (Å²) in [6.07, 6.45) is 0.995. The third-order valence-electron chi connectivity index (χ3n) is 3.00. The van der Waals surface area contributed by atoms with Crippen LogP contribution in [0.1, 0.15) is 32.9 Å². The summed E-state index contributed by atoms with van der Waals surface area (Å²) in [5, 5.41) is 6.45. The monoisotopic (exact) mass is 282 g/mol. The van der Waals surface area contributed by atoms with Crippen LogP contribution in [-0.4, -0.2) is 42.1 Å². The number of nitrogens with two attached hydrogens (primary N) is 1. The third-order valence-corrected chi connectivity index (χ3v) is 3.00. The van der Waals surface area contributed by atoms with Crippen LogP contribution in [0.25, 0.3) is 0 Å². The molecule has 0 atom stereocenters. The van der Waals surface area contributed by atoms with E-state index in [2.05, 4.69) is 36.1 Å². The van der Waals surface area contributed by atoms with Crippen molar-refractivity contribution >= 4 is 11.8 Å². The standard InChI is InChI=1S/C14H26N4O2/c1-5-6-18(10-14(3,4)9-15)8-12(19)16-13-7-11(2)17-20-13/h7H,5-6,8-10,15H2,1-4H3,(H,16,19). The van der Waals surface area contributed by atoms with E-state index >= 15 is 0 Å². The SMILES string of the molecule is CCCN(CC(=O)Nc1cc(C)no1)CC(C)(C)CN. The predicted molar refractivity (Wildman–Crippen MR) is 79.4 cm³/mol. The Labute approximate surface area is 120 Å². The Balaban J connectivity index is 2.54. The molecular formula is C14H26N4O2. The van der Waals surface area contributed by atoms with Crippen molar-refractivity contribution in [3.05, 3.63) is 11.8 Å². The van der Waals surface area contributed by atoms with E-state index in [0.717, 1.165) is 25.2 Å². The fourth-order valence-corrected chi connectivity index (χ4v) is 2.00. The summed E-state index contributed by atoms with van der Waals surface area (Å²) in [7, 11) is 0. The molecule has 0 aliphatic heterocycles. The highest BCUT2D eigenvalue weighted by molar-refractivity contribution is 5.90. The molecule has 0 unspecified atom stereocenters. The summed E-state index contributed by atoms with van der Waals surface area (Å²) in [4.78, 5) is 14.1. The molecule has 0 aliphatic rings. The predicted octanol–water partition coefficient (Wildman–Crippen LogP) is 1.62. The lowest BCUT2D eigenvalue weighted by atomic mass is 9.93. The van der Waals surface area contributed by atoms with Crippen LogP contribution < -0.4 is 11.1 Å². The van der Waals surface area contributed by atoms with Gasteiger partial charge in [-0.3, -0.25) is 15.0 Å². The minimum Gasteiger partial charge on any atom is -0.338 e. The number of carbonyl (C=O) groups is 1. The van der Waals surface area contributed by atoms with Crippen molar-refractivity contribution in [2.75, 3.05) is 31.5 Å². The molecule has 0 radical (unpaired) electrons. The minimum absolute atomic E-state index is 0.00171. The van der Waals surface area contributed by atoms with E-state index in [1.54, 1.807) is 6.07 Å². The Kier molecular flexibility index (Phi) is 6.16. The number of amides is 1. The van der Waals surface area contributed by atoms with Crippen LogP contribution >= 0.6 is 0 Å². The molecule has 3 N–H and O–H groups in total. The summed E-state index contributed by atoms with van der Waals surface area (Å²) >= 11 is 0. The van der Waals surface area contributed by atoms with Crippen molar-refractivity contribution in [2.45, 2.75) is 34.1 Å². The third kappa shape index (κ3) is 5.71. The summed E-state index contributed by atoms with van der Waals surface area (Å²) in [6.45, 7) is 10.7. The molecule has 6 nitrogen and oxygen atoms in total. The van der Waals surface area contributed by atoms with Gasteiger partial charge in [0, 0.05) is 12.6 Å². The zero-order chi connectivity index (χ0) is 15.2. The van der Waals surface area contributed by atoms with Crippen LogP contribution in [0, 0.1) is 12.3 Å². The Morgan fingerprint density at radius 2 is 2.25 bits per heavy atom. The van der Waals surface area contributed by atoms with Crippen molar-refractivity contribution in [1.82, 2.24) is 10.1 Å².